The second-order valence-electron chi connectivity index (χ2n) is 8.49. The highest BCUT2D eigenvalue weighted by Gasteiger charge is 2.33. The highest BCUT2D eigenvalue weighted by Crippen LogP contribution is 2.34. The summed E-state index contributed by atoms with van der Waals surface area (Å²) in [6.45, 7) is 1.95. The number of benzene rings is 1. The number of fused-ring (bicyclic) bond motifs is 3. The zero-order valence-corrected chi connectivity index (χ0v) is 17.0. The van der Waals surface area contributed by atoms with E-state index < -0.39 is 0 Å². The van der Waals surface area contributed by atoms with E-state index >= 15 is 0 Å². The predicted molar refractivity (Wildman–Crippen MR) is 115 cm³/mol. The fraction of sp³-hybridized carbons (Fsp3) is 0.435. The average molecular weight is 390 g/mol. The number of aryl methyl sites for hydroxylation is 1. The van der Waals surface area contributed by atoms with Crippen molar-refractivity contribution in [1.29, 1.82) is 0 Å². The molecule has 0 unspecified atom stereocenters. The zero-order chi connectivity index (χ0) is 20.0. The van der Waals surface area contributed by atoms with Gasteiger partial charge in [0.2, 0.25) is 0 Å². The minimum Gasteiger partial charge on any atom is -0.507 e. The van der Waals surface area contributed by atoms with E-state index in [1.807, 2.05) is 31.2 Å². The molecule has 5 rings (SSSR count). The Balaban J connectivity index is 1.40. The number of anilines is 1. The van der Waals surface area contributed by atoms with Crippen LogP contribution in [0.4, 0.5) is 5.82 Å². The van der Waals surface area contributed by atoms with Crippen molar-refractivity contribution in [2.75, 3.05) is 11.9 Å². The molecule has 2 aromatic heterocycles. The Morgan fingerprint density at radius 3 is 2.59 bits per heavy atom. The number of hydrogen-bond acceptors (Lipinski definition) is 6. The van der Waals surface area contributed by atoms with E-state index in [4.69, 9.17) is 0 Å². The molecule has 29 heavy (non-hydrogen) atoms. The number of aromatic hydroxyl groups is 1. The molecule has 6 nitrogen and oxygen atoms in total. The van der Waals surface area contributed by atoms with E-state index in [-0.39, 0.29) is 5.75 Å². The van der Waals surface area contributed by atoms with Crippen LogP contribution in [0.25, 0.3) is 22.0 Å². The summed E-state index contributed by atoms with van der Waals surface area (Å²) in [4.78, 5) is 6.57. The maximum atomic E-state index is 10.5. The van der Waals surface area contributed by atoms with Gasteiger partial charge in [0.25, 0.3) is 0 Å². The highest BCUT2D eigenvalue weighted by molar-refractivity contribution is 5.91. The van der Waals surface area contributed by atoms with Crippen LogP contribution in [0.2, 0.25) is 0 Å². The van der Waals surface area contributed by atoms with E-state index in [2.05, 4.69) is 32.4 Å². The fourth-order valence-electron chi connectivity index (χ4n) is 4.96. The van der Waals surface area contributed by atoms with Gasteiger partial charge < -0.3 is 15.3 Å². The Hall–Kier alpha value is -2.73. The minimum absolute atomic E-state index is 0.204. The monoisotopic (exact) mass is 389 g/mol. The Morgan fingerprint density at radius 1 is 1.07 bits per heavy atom. The summed E-state index contributed by atoms with van der Waals surface area (Å²) in [5, 5.41) is 25.2. The molecule has 6 heteroatoms. The molecule has 2 bridgehead atoms. The summed E-state index contributed by atoms with van der Waals surface area (Å²) >= 11 is 0. The molecule has 150 valence electrons. The van der Waals surface area contributed by atoms with Crippen LogP contribution in [-0.4, -0.2) is 45.5 Å². The van der Waals surface area contributed by atoms with Crippen LogP contribution in [0, 0.1) is 6.92 Å². The second-order valence-corrected chi connectivity index (χ2v) is 8.49. The molecule has 0 aliphatic carbocycles. The molecule has 2 N–H and O–H groups in total. The molecule has 3 aromatic rings. The minimum atomic E-state index is 0.204. The van der Waals surface area contributed by atoms with Gasteiger partial charge in [0.05, 0.1) is 5.69 Å². The van der Waals surface area contributed by atoms with Gasteiger partial charge in [0.15, 0.2) is 5.82 Å². The molecule has 1 aromatic carbocycles. The first kappa shape index (κ1) is 18.3. The van der Waals surface area contributed by atoms with Crippen molar-refractivity contribution in [3.05, 3.63) is 42.2 Å². The SMILES string of the molecule is Cc1nccc2cc(-c3ccc(N(C)[C@@H]4C[C@H]5CCC[C@@H](C4)N5)nn3)c(O)cc12. The molecule has 0 amide bonds. The summed E-state index contributed by atoms with van der Waals surface area (Å²) in [5.74, 6) is 1.09. The highest BCUT2D eigenvalue weighted by atomic mass is 16.3. The number of nitrogens with one attached hydrogen (secondary N) is 1. The number of aromatic nitrogens is 3. The third-order valence-corrected chi connectivity index (χ3v) is 6.61. The molecule has 4 heterocycles. The summed E-state index contributed by atoms with van der Waals surface area (Å²) < 4.78 is 0. The average Bonchev–Trinajstić information content (AvgIpc) is 2.73. The Morgan fingerprint density at radius 2 is 1.86 bits per heavy atom. The first-order chi connectivity index (χ1) is 14.1. The Labute approximate surface area is 171 Å². The third-order valence-electron chi connectivity index (χ3n) is 6.61. The Bertz CT molecular complexity index is 1020. The normalized spacial score (nSPS) is 23.9. The predicted octanol–water partition coefficient (Wildman–Crippen LogP) is 3.82. The topological polar surface area (TPSA) is 74.2 Å². The van der Waals surface area contributed by atoms with E-state index in [0.29, 0.717) is 29.4 Å². The van der Waals surface area contributed by atoms with Crippen molar-refractivity contribution >= 4 is 16.6 Å². The summed E-state index contributed by atoms with van der Waals surface area (Å²) in [7, 11) is 2.12. The van der Waals surface area contributed by atoms with E-state index in [1.165, 1.54) is 19.3 Å². The first-order valence-electron chi connectivity index (χ1n) is 10.5. The number of hydrogen-bond donors (Lipinski definition) is 2. The lowest BCUT2D eigenvalue weighted by molar-refractivity contribution is 0.219. The van der Waals surface area contributed by atoms with Crippen molar-refractivity contribution in [1.82, 2.24) is 20.5 Å². The van der Waals surface area contributed by atoms with Crippen molar-refractivity contribution < 1.29 is 5.11 Å². The summed E-state index contributed by atoms with van der Waals surface area (Å²) in [6, 6.07) is 11.4. The first-order valence-corrected chi connectivity index (χ1v) is 10.5. The number of phenols is 1. The molecular weight excluding hydrogens is 362 g/mol. The maximum absolute atomic E-state index is 10.5. The maximum Gasteiger partial charge on any atom is 0.151 e. The van der Waals surface area contributed by atoms with Gasteiger partial charge in [-0.25, -0.2) is 0 Å². The van der Waals surface area contributed by atoms with E-state index in [9.17, 15) is 5.11 Å². The smallest absolute Gasteiger partial charge is 0.151 e. The van der Waals surface area contributed by atoms with E-state index in [0.717, 1.165) is 35.1 Å². The molecule has 2 saturated heterocycles. The van der Waals surface area contributed by atoms with Crippen LogP contribution < -0.4 is 10.2 Å². The quantitative estimate of drug-likeness (QED) is 0.709. The van der Waals surface area contributed by atoms with Gasteiger partial charge in [-0.3, -0.25) is 4.98 Å². The molecule has 0 radical (unpaired) electrons. The van der Waals surface area contributed by atoms with Gasteiger partial charge in [0, 0.05) is 48.0 Å². The van der Waals surface area contributed by atoms with Crippen LogP contribution in [0.3, 0.4) is 0 Å². The lowest BCUT2D eigenvalue weighted by atomic mass is 9.83. The van der Waals surface area contributed by atoms with Crippen molar-refractivity contribution in [3.63, 3.8) is 0 Å². The van der Waals surface area contributed by atoms with Crippen LogP contribution in [-0.2, 0) is 0 Å². The Kier molecular flexibility index (Phi) is 4.59. The van der Waals surface area contributed by atoms with Crippen molar-refractivity contribution in [3.8, 4) is 17.0 Å². The number of rotatable bonds is 3. The van der Waals surface area contributed by atoms with Crippen LogP contribution in [0.15, 0.2) is 36.5 Å². The number of piperidine rings is 2. The number of pyridine rings is 1. The molecule has 0 spiro atoms. The van der Waals surface area contributed by atoms with Gasteiger partial charge in [-0.1, -0.05) is 6.42 Å². The largest absolute Gasteiger partial charge is 0.507 e. The fourth-order valence-corrected chi connectivity index (χ4v) is 4.96. The van der Waals surface area contributed by atoms with Gasteiger partial charge in [-0.05, 0) is 68.3 Å². The molecular formula is C23H27N5O. The standard InChI is InChI=1S/C23H27N5O/c1-14-19-13-22(29)20(10-15(19)8-9-24-14)21-6-7-23(27-26-21)28(2)18-11-16-4-3-5-17(12-18)25-16/h6-10,13,16-18,25,29H,3-5,11-12H2,1-2H3/t16-,17+,18-. The molecule has 2 fully saturated rings. The molecule has 0 saturated carbocycles. The van der Waals surface area contributed by atoms with Crippen LogP contribution in [0.5, 0.6) is 5.75 Å². The summed E-state index contributed by atoms with van der Waals surface area (Å²) in [5.41, 5.74) is 2.28. The van der Waals surface area contributed by atoms with E-state index in [1.54, 1.807) is 12.3 Å². The molecule has 3 atom stereocenters. The lowest BCUT2D eigenvalue weighted by Gasteiger charge is -2.43. The van der Waals surface area contributed by atoms with Crippen molar-refractivity contribution in [2.45, 2.75) is 57.2 Å². The van der Waals surface area contributed by atoms with Gasteiger partial charge >= 0.3 is 0 Å². The zero-order valence-electron chi connectivity index (χ0n) is 17.0. The third kappa shape index (κ3) is 3.42. The van der Waals surface area contributed by atoms with Gasteiger partial charge in [-0.2, -0.15) is 0 Å². The summed E-state index contributed by atoms with van der Waals surface area (Å²) in [6.07, 6.45) is 8.02. The lowest BCUT2D eigenvalue weighted by Crippen LogP contribution is -2.54. The van der Waals surface area contributed by atoms with Crippen molar-refractivity contribution in [2.24, 2.45) is 0 Å². The van der Waals surface area contributed by atoms with Crippen LogP contribution in [0.1, 0.15) is 37.8 Å². The number of nitrogens with zero attached hydrogens (tertiary/aromatic N) is 4. The molecule has 2 aliphatic rings. The molecule has 2 aliphatic heterocycles. The number of phenolic OH excluding ortho intramolecular Hbond substituents is 1. The van der Waals surface area contributed by atoms with Gasteiger partial charge in [-0.15, -0.1) is 10.2 Å². The van der Waals surface area contributed by atoms with Gasteiger partial charge in [0.1, 0.15) is 5.75 Å². The van der Waals surface area contributed by atoms with Crippen LogP contribution >= 0.6 is 0 Å². The second kappa shape index (κ2) is 7.26.